The van der Waals surface area contributed by atoms with Crippen molar-refractivity contribution in [2.45, 2.75) is 56.4 Å². The maximum Gasteiger partial charge on any atom is 0.191 e. The highest BCUT2D eigenvalue weighted by atomic mass is 32.2. The van der Waals surface area contributed by atoms with Gasteiger partial charge in [-0.3, -0.25) is 4.90 Å². The molecule has 1 atom stereocenters. The van der Waals surface area contributed by atoms with Crippen LogP contribution in [0.1, 0.15) is 35.4 Å². The lowest BCUT2D eigenvalue weighted by Gasteiger charge is -2.19. The molecule has 0 radical (unpaired) electrons. The number of ether oxygens (including phenoxy) is 2. The Morgan fingerprint density at radius 1 is 1.12 bits per heavy atom. The van der Waals surface area contributed by atoms with Gasteiger partial charge in [-0.25, -0.2) is 0 Å². The third-order valence-corrected chi connectivity index (χ3v) is 6.86. The van der Waals surface area contributed by atoms with E-state index in [0.29, 0.717) is 0 Å². The van der Waals surface area contributed by atoms with Gasteiger partial charge in [-0.05, 0) is 55.6 Å². The van der Waals surface area contributed by atoms with Crippen molar-refractivity contribution >= 4 is 11.8 Å². The summed E-state index contributed by atoms with van der Waals surface area (Å²) in [4.78, 5) is 2.27. The maximum absolute atomic E-state index is 5.93. The molecule has 2 heterocycles. The van der Waals surface area contributed by atoms with Gasteiger partial charge < -0.3 is 14.0 Å². The van der Waals surface area contributed by atoms with Crippen LogP contribution in [0.2, 0.25) is 0 Å². The van der Waals surface area contributed by atoms with Gasteiger partial charge in [0.1, 0.15) is 11.6 Å². The highest BCUT2D eigenvalue weighted by Crippen LogP contribution is 2.26. The zero-order valence-electron chi connectivity index (χ0n) is 19.2. The third kappa shape index (κ3) is 5.91. The van der Waals surface area contributed by atoms with E-state index in [-0.39, 0.29) is 6.10 Å². The molecule has 0 saturated carbocycles. The molecule has 170 valence electrons. The average molecular weight is 453 g/mol. The first-order valence-electron chi connectivity index (χ1n) is 11.1. The van der Waals surface area contributed by atoms with Crippen LogP contribution in [-0.4, -0.2) is 46.5 Å². The van der Waals surface area contributed by atoms with Crippen molar-refractivity contribution in [1.29, 1.82) is 0 Å². The monoisotopic (exact) mass is 452 g/mol. The number of aromatic nitrogens is 3. The first kappa shape index (κ1) is 22.8. The fraction of sp³-hybridized carbons (Fsp3) is 0.440. The number of benzene rings is 2. The van der Waals surface area contributed by atoms with Crippen LogP contribution in [0.3, 0.4) is 0 Å². The fourth-order valence-electron chi connectivity index (χ4n) is 3.97. The molecule has 1 aliphatic rings. The number of aryl methyl sites for hydroxylation is 1. The van der Waals surface area contributed by atoms with Crippen LogP contribution in [-0.2, 0) is 30.1 Å². The summed E-state index contributed by atoms with van der Waals surface area (Å²) in [5.74, 6) is 2.75. The van der Waals surface area contributed by atoms with Crippen molar-refractivity contribution in [3.05, 3.63) is 71.0 Å². The first-order valence-corrected chi connectivity index (χ1v) is 12.1. The Hall–Kier alpha value is -2.35. The fourth-order valence-corrected chi connectivity index (χ4v) is 5.02. The minimum Gasteiger partial charge on any atom is -0.497 e. The van der Waals surface area contributed by atoms with E-state index >= 15 is 0 Å². The lowest BCUT2D eigenvalue weighted by molar-refractivity contribution is 0.0934. The number of hydrogen-bond acceptors (Lipinski definition) is 6. The van der Waals surface area contributed by atoms with Gasteiger partial charge in [-0.2, -0.15) is 0 Å². The maximum atomic E-state index is 5.93. The molecule has 7 heteroatoms. The largest absolute Gasteiger partial charge is 0.497 e. The molecule has 6 nitrogen and oxygen atoms in total. The molecule has 0 amide bonds. The second kappa shape index (κ2) is 11.0. The molecule has 0 aliphatic carbocycles. The van der Waals surface area contributed by atoms with E-state index in [9.17, 15) is 0 Å². The number of nitrogens with zero attached hydrogens (tertiary/aromatic N) is 4. The van der Waals surface area contributed by atoms with Crippen LogP contribution >= 0.6 is 11.8 Å². The molecule has 0 N–H and O–H groups in total. The Bertz CT molecular complexity index is 999. The van der Waals surface area contributed by atoms with Gasteiger partial charge in [0.05, 0.1) is 26.3 Å². The SMILES string of the molecule is COc1ccc(CN(C)Cc2nnc(SCc3ccccc3C)n2C[C@H]2CCCO2)cc1. The van der Waals surface area contributed by atoms with Crippen LogP contribution in [0.25, 0.3) is 0 Å². The van der Waals surface area contributed by atoms with Crippen LogP contribution < -0.4 is 4.74 Å². The predicted molar refractivity (Wildman–Crippen MR) is 128 cm³/mol. The van der Waals surface area contributed by atoms with Gasteiger partial charge in [-0.15, -0.1) is 10.2 Å². The number of methoxy groups -OCH3 is 1. The minimum absolute atomic E-state index is 0.245. The number of thioether (sulfide) groups is 1. The molecular formula is C25H32N4O2S. The van der Waals surface area contributed by atoms with Crippen LogP contribution in [0.15, 0.2) is 53.7 Å². The third-order valence-electron chi connectivity index (χ3n) is 5.84. The smallest absolute Gasteiger partial charge is 0.191 e. The quantitative estimate of drug-likeness (QED) is 0.416. The number of rotatable bonds is 10. The Balaban J connectivity index is 1.46. The molecule has 2 aromatic carbocycles. The zero-order valence-corrected chi connectivity index (χ0v) is 20.0. The van der Waals surface area contributed by atoms with Gasteiger partial charge in [0, 0.05) is 18.9 Å². The molecule has 4 rings (SSSR count). The summed E-state index contributed by atoms with van der Waals surface area (Å²) >= 11 is 1.76. The van der Waals surface area contributed by atoms with Crippen molar-refractivity contribution < 1.29 is 9.47 Å². The van der Waals surface area contributed by atoms with E-state index in [1.807, 2.05) is 12.1 Å². The van der Waals surface area contributed by atoms with Crippen LogP contribution in [0, 0.1) is 6.92 Å². The van der Waals surface area contributed by atoms with Gasteiger partial charge in [0.15, 0.2) is 5.16 Å². The summed E-state index contributed by atoms with van der Waals surface area (Å²) in [6.45, 7) is 5.39. The van der Waals surface area contributed by atoms with Gasteiger partial charge in [0.2, 0.25) is 0 Å². The van der Waals surface area contributed by atoms with Gasteiger partial charge >= 0.3 is 0 Å². The van der Waals surface area contributed by atoms with E-state index in [0.717, 1.165) is 61.6 Å². The second-order valence-electron chi connectivity index (χ2n) is 8.38. The van der Waals surface area contributed by atoms with Gasteiger partial charge in [0.25, 0.3) is 0 Å². The molecule has 0 bridgehead atoms. The lowest BCUT2D eigenvalue weighted by atomic mass is 10.1. The predicted octanol–water partition coefficient (Wildman–Crippen LogP) is 4.70. The summed E-state index contributed by atoms with van der Waals surface area (Å²) in [5, 5.41) is 10.1. The molecule has 1 saturated heterocycles. The molecule has 32 heavy (non-hydrogen) atoms. The van der Waals surface area contributed by atoms with E-state index in [1.54, 1.807) is 18.9 Å². The van der Waals surface area contributed by atoms with Crippen molar-refractivity contribution in [1.82, 2.24) is 19.7 Å². The molecule has 1 aromatic heterocycles. The molecule has 3 aromatic rings. The van der Waals surface area contributed by atoms with E-state index < -0.39 is 0 Å². The van der Waals surface area contributed by atoms with Crippen molar-refractivity contribution in [3.63, 3.8) is 0 Å². The molecule has 1 fully saturated rings. The second-order valence-corrected chi connectivity index (χ2v) is 9.32. The Labute approximate surface area is 194 Å². The summed E-state index contributed by atoms with van der Waals surface area (Å²) < 4.78 is 13.5. The van der Waals surface area contributed by atoms with Crippen LogP contribution in [0.5, 0.6) is 5.75 Å². The normalized spacial score (nSPS) is 16.1. The van der Waals surface area contributed by atoms with Crippen molar-refractivity contribution in [3.8, 4) is 5.75 Å². The summed E-state index contributed by atoms with van der Waals surface area (Å²) in [6.07, 6.45) is 2.47. The van der Waals surface area contributed by atoms with E-state index in [4.69, 9.17) is 9.47 Å². The van der Waals surface area contributed by atoms with Crippen molar-refractivity contribution in [2.75, 3.05) is 20.8 Å². The molecule has 0 spiro atoms. The lowest BCUT2D eigenvalue weighted by Crippen LogP contribution is -2.23. The summed E-state index contributed by atoms with van der Waals surface area (Å²) in [7, 11) is 3.81. The first-order chi connectivity index (χ1) is 15.6. The van der Waals surface area contributed by atoms with Crippen LogP contribution in [0.4, 0.5) is 0 Å². The molecular weight excluding hydrogens is 420 g/mol. The Morgan fingerprint density at radius 2 is 1.94 bits per heavy atom. The van der Waals surface area contributed by atoms with Gasteiger partial charge in [-0.1, -0.05) is 48.2 Å². The molecule has 1 aliphatic heterocycles. The van der Waals surface area contributed by atoms with E-state index in [1.165, 1.54) is 16.7 Å². The summed E-state index contributed by atoms with van der Waals surface area (Å²) in [6, 6.07) is 16.7. The van der Waals surface area contributed by atoms with E-state index in [2.05, 4.69) is 70.0 Å². The topological polar surface area (TPSA) is 52.4 Å². The molecule has 0 unspecified atom stereocenters. The average Bonchev–Trinajstić information content (AvgIpc) is 3.45. The zero-order chi connectivity index (χ0) is 22.3. The highest BCUT2D eigenvalue weighted by Gasteiger charge is 2.22. The number of hydrogen-bond donors (Lipinski definition) is 0. The summed E-state index contributed by atoms with van der Waals surface area (Å²) in [5.41, 5.74) is 3.89. The minimum atomic E-state index is 0.245. The Morgan fingerprint density at radius 3 is 2.66 bits per heavy atom. The highest BCUT2D eigenvalue weighted by molar-refractivity contribution is 7.98. The van der Waals surface area contributed by atoms with Crippen molar-refractivity contribution in [2.24, 2.45) is 0 Å². The standard InChI is InChI=1S/C25H32N4O2S/c1-19-7-4-5-8-21(19)18-32-25-27-26-24(29(25)16-23-9-6-14-31-23)17-28(2)15-20-10-12-22(30-3)13-11-20/h4-5,7-8,10-13,23H,6,9,14-18H2,1-3H3/t23-/m1/s1. The Kier molecular flexibility index (Phi) is 7.84.